The van der Waals surface area contributed by atoms with Crippen molar-refractivity contribution in [2.45, 2.75) is 13.0 Å². The summed E-state index contributed by atoms with van der Waals surface area (Å²) in [5.41, 5.74) is 0.886. The Morgan fingerprint density at radius 3 is 2.58 bits per heavy atom. The lowest BCUT2D eigenvalue weighted by molar-refractivity contribution is 0.140. The highest BCUT2D eigenvalue weighted by molar-refractivity contribution is 5.14. The Morgan fingerprint density at radius 2 is 2.08 bits per heavy atom. The standard InChI is InChI=1S/C10H13NO/c1-3-8(2)10(12)9-4-6-11-7-5-9/h3-8,10,12H,1H2,2H3/t8-,10+/m1/s1. The van der Waals surface area contributed by atoms with Crippen LogP contribution in [-0.4, -0.2) is 10.1 Å². The molecule has 2 nitrogen and oxygen atoms in total. The molecule has 0 fully saturated rings. The Hall–Kier alpha value is -1.15. The third kappa shape index (κ3) is 1.92. The van der Waals surface area contributed by atoms with Gasteiger partial charge in [-0.3, -0.25) is 4.98 Å². The molecule has 1 aromatic rings. The summed E-state index contributed by atoms with van der Waals surface area (Å²) in [6, 6.07) is 3.62. The topological polar surface area (TPSA) is 33.1 Å². The molecule has 0 saturated heterocycles. The van der Waals surface area contributed by atoms with Crippen LogP contribution < -0.4 is 0 Å². The Bertz CT molecular complexity index is 245. The fraction of sp³-hybridized carbons (Fsp3) is 0.300. The summed E-state index contributed by atoms with van der Waals surface area (Å²) < 4.78 is 0. The number of rotatable bonds is 3. The van der Waals surface area contributed by atoms with Crippen molar-refractivity contribution < 1.29 is 5.11 Å². The van der Waals surface area contributed by atoms with Crippen LogP contribution in [0.25, 0.3) is 0 Å². The summed E-state index contributed by atoms with van der Waals surface area (Å²) >= 11 is 0. The maximum Gasteiger partial charge on any atom is 0.0850 e. The van der Waals surface area contributed by atoms with Crippen molar-refractivity contribution in [3.05, 3.63) is 42.7 Å². The molecule has 0 radical (unpaired) electrons. The van der Waals surface area contributed by atoms with Crippen LogP contribution in [0.5, 0.6) is 0 Å². The van der Waals surface area contributed by atoms with E-state index in [1.165, 1.54) is 0 Å². The molecule has 0 spiro atoms. The average Bonchev–Trinajstić information content (AvgIpc) is 2.17. The van der Waals surface area contributed by atoms with E-state index in [-0.39, 0.29) is 5.92 Å². The van der Waals surface area contributed by atoms with Crippen molar-refractivity contribution in [3.8, 4) is 0 Å². The van der Waals surface area contributed by atoms with Gasteiger partial charge in [0.2, 0.25) is 0 Å². The zero-order valence-electron chi connectivity index (χ0n) is 7.14. The maximum atomic E-state index is 9.69. The van der Waals surface area contributed by atoms with E-state index in [1.54, 1.807) is 18.5 Å². The summed E-state index contributed by atoms with van der Waals surface area (Å²) in [5.74, 6) is 0.0763. The first-order valence-electron chi connectivity index (χ1n) is 3.96. The molecule has 1 aromatic heterocycles. The summed E-state index contributed by atoms with van der Waals surface area (Å²) in [5, 5.41) is 9.69. The van der Waals surface area contributed by atoms with E-state index in [4.69, 9.17) is 0 Å². The lowest BCUT2D eigenvalue weighted by Gasteiger charge is -2.14. The zero-order chi connectivity index (χ0) is 8.97. The minimum absolute atomic E-state index is 0.0763. The van der Waals surface area contributed by atoms with Gasteiger partial charge in [0, 0.05) is 18.3 Å². The highest BCUT2D eigenvalue weighted by Gasteiger charge is 2.11. The smallest absolute Gasteiger partial charge is 0.0850 e. The Morgan fingerprint density at radius 1 is 1.50 bits per heavy atom. The molecule has 2 atom stereocenters. The molecule has 0 aliphatic carbocycles. The SMILES string of the molecule is C=C[C@@H](C)[C@H](O)c1ccncc1. The van der Waals surface area contributed by atoms with Gasteiger partial charge < -0.3 is 5.11 Å². The highest BCUT2D eigenvalue weighted by Crippen LogP contribution is 2.20. The van der Waals surface area contributed by atoms with Crippen molar-refractivity contribution in [1.82, 2.24) is 4.98 Å². The molecule has 0 amide bonds. The van der Waals surface area contributed by atoms with Crippen LogP contribution in [-0.2, 0) is 0 Å². The van der Waals surface area contributed by atoms with Crippen LogP contribution in [0.15, 0.2) is 37.2 Å². The molecule has 1 rings (SSSR count). The van der Waals surface area contributed by atoms with Crippen LogP contribution in [0.1, 0.15) is 18.6 Å². The van der Waals surface area contributed by atoms with E-state index in [0.29, 0.717) is 0 Å². The summed E-state index contributed by atoms with van der Waals surface area (Å²) in [6.07, 6.45) is 4.62. The van der Waals surface area contributed by atoms with Crippen LogP contribution >= 0.6 is 0 Å². The van der Waals surface area contributed by atoms with Gasteiger partial charge >= 0.3 is 0 Å². The number of hydrogen-bond acceptors (Lipinski definition) is 2. The van der Waals surface area contributed by atoms with Crippen molar-refractivity contribution in [2.75, 3.05) is 0 Å². The quantitative estimate of drug-likeness (QED) is 0.691. The first-order valence-corrected chi connectivity index (χ1v) is 3.96. The van der Waals surface area contributed by atoms with Gasteiger partial charge in [-0.15, -0.1) is 6.58 Å². The Kier molecular flexibility index (Phi) is 3.00. The van der Waals surface area contributed by atoms with Gasteiger partial charge in [0.1, 0.15) is 0 Å². The fourth-order valence-electron chi connectivity index (χ4n) is 0.993. The van der Waals surface area contributed by atoms with E-state index >= 15 is 0 Å². The third-order valence-electron chi connectivity index (χ3n) is 1.92. The van der Waals surface area contributed by atoms with E-state index in [1.807, 2.05) is 19.1 Å². The molecule has 1 N–H and O–H groups in total. The number of aliphatic hydroxyl groups is 1. The van der Waals surface area contributed by atoms with Gasteiger partial charge in [0.25, 0.3) is 0 Å². The van der Waals surface area contributed by atoms with Gasteiger partial charge in [0.05, 0.1) is 6.10 Å². The van der Waals surface area contributed by atoms with Crippen molar-refractivity contribution in [2.24, 2.45) is 5.92 Å². The molecular weight excluding hydrogens is 150 g/mol. The van der Waals surface area contributed by atoms with Crippen LogP contribution in [0.4, 0.5) is 0 Å². The Labute approximate surface area is 72.6 Å². The molecule has 0 aliphatic heterocycles. The highest BCUT2D eigenvalue weighted by atomic mass is 16.3. The first kappa shape index (κ1) is 8.94. The molecule has 0 aliphatic rings. The number of pyridine rings is 1. The van der Waals surface area contributed by atoms with Crippen molar-refractivity contribution in [1.29, 1.82) is 0 Å². The lowest BCUT2D eigenvalue weighted by atomic mass is 9.99. The fourth-order valence-corrected chi connectivity index (χ4v) is 0.993. The van der Waals surface area contributed by atoms with Crippen molar-refractivity contribution >= 4 is 0 Å². The predicted molar refractivity (Wildman–Crippen MR) is 48.6 cm³/mol. The molecule has 0 bridgehead atoms. The van der Waals surface area contributed by atoms with Gasteiger partial charge in [0.15, 0.2) is 0 Å². The second kappa shape index (κ2) is 4.02. The minimum Gasteiger partial charge on any atom is -0.388 e. The number of aromatic nitrogens is 1. The average molecular weight is 163 g/mol. The molecular formula is C10H13NO. The molecule has 12 heavy (non-hydrogen) atoms. The second-order valence-electron chi connectivity index (χ2n) is 2.82. The number of aliphatic hydroxyl groups excluding tert-OH is 1. The molecule has 2 heteroatoms. The largest absolute Gasteiger partial charge is 0.388 e. The van der Waals surface area contributed by atoms with E-state index in [2.05, 4.69) is 11.6 Å². The second-order valence-corrected chi connectivity index (χ2v) is 2.82. The maximum absolute atomic E-state index is 9.69. The molecule has 0 saturated carbocycles. The summed E-state index contributed by atoms with van der Waals surface area (Å²) in [4.78, 5) is 3.88. The number of nitrogens with zero attached hydrogens (tertiary/aromatic N) is 1. The van der Waals surface area contributed by atoms with Crippen molar-refractivity contribution in [3.63, 3.8) is 0 Å². The summed E-state index contributed by atoms with van der Waals surface area (Å²) in [7, 11) is 0. The summed E-state index contributed by atoms with van der Waals surface area (Å²) in [6.45, 7) is 5.56. The molecule has 64 valence electrons. The third-order valence-corrected chi connectivity index (χ3v) is 1.92. The van der Waals surface area contributed by atoms with E-state index < -0.39 is 6.10 Å². The Balaban J connectivity index is 2.78. The van der Waals surface area contributed by atoms with Gasteiger partial charge in [-0.2, -0.15) is 0 Å². The first-order chi connectivity index (χ1) is 5.75. The molecule has 0 unspecified atom stereocenters. The van der Waals surface area contributed by atoms with Gasteiger partial charge in [-0.25, -0.2) is 0 Å². The van der Waals surface area contributed by atoms with Crippen LogP contribution in [0, 0.1) is 5.92 Å². The van der Waals surface area contributed by atoms with Gasteiger partial charge in [-0.05, 0) is 17.7 Å². The van der Waals surface area contributed by atoms with E-state index in [0.717, 1.165) is 5.56 Å². The monoisotopic (exact) mass is 163 g/mol. The molecule has 0 aromatic carbocycles. The van der Waals surface area contributed by atoms with Gasteiger partial charge in [-0.1, -0.05) is 13.0 Å². The lowest BCUT2D eigenvalue weighted by Crippen LogP contribution is -2.05. The van der Waals surface area contributed by atoms with Crippen LogP contribution in [0.3, 0.4) is 0 Å². The minimum atomic E-state index is -0.467. The van der Waals surface area contributed by atoms with Crippen LogP contribution in [0.2, 0.25) is 0 Å². The van der Waals surface area contributed by atoms with E-state index in [9.17, 15) is 5.11 Å². The number of hydrogen-bond donors (Lipinski definition) is 1. The normalized spacial score (nSPS) is 15.2. The zero-order valence-corrected chi connectivity index (χ0v) is 7.14. The molecule has 1 heterocycles. The predicted octanol–water partition coefficient (Wildman–Crippen LogP) is 1.94.